The lowest BCUT2D eigenvalue weighted by Gasteiger charge is -2.60. The molecule has 0 unspecified atom stereocenters. The van der Waals surface area contributed by atoms with Crippen LogP contribution in [0, 0.1) is 5.41 Å². The Morgan fingerprint density at radius 2 is 2.08 bits per heavy atom. The van der Waals surface area contributed by atoms with Crippen molar-refractivity contribution in [2.24, 2.45) is 12.5 Å². The van der Waals surface area contributed by atoms with Gasteiger partial charge in [-0.25, -0.2) is 13.8 Å². The summed E-state index contributed by atoms with van der Waals surface area (Å²) in [6.45, 7) is 0. The largest absolute Gasteiger partial charge is 0.397 e. The van der Waals surface area contributed by atoms with Gasteiger partial charge in [0.25, 0.3) is 12.3 Å². The molecule has 6 nitrogen and oxygen atoms in total. The Bertz CT molecular complexity index is 819. The first-order chi connectivity index (χ1) is 11.4. The van der Waals surface area contributed by atoms with Crippen LogP contribution in [0.1, 0.15) is 42.5 Å². The number of carbonyl (C=O) groups excluding carboxylic acids is 1. The van der Waals surface area contributed by atoms with Crippen LogP contribution in [0.25, 0.3) is 11.0 Å². The maximum absolute atomic E-state index is 13.6. The maximum atomic E-state index is 13.6. The third-order valence-electron chi connectivity index (χ3n) is 5.62. The number of hydrogen-bond donors (Lipinski definition) is 2. The van der Waals surface area contributed by atoms with E-state index in [2.05, 4.69) is 15.4 Å². The Balaban J connectivity index is 1.60. The third kappa shape index (κ3) is 2.01. The highest BCUT2D eigenvalue weighted by Crippen LogP contribution is 2.62. The molecule has 128 valence electrons. The minimum Gasteiger partial charge on any atom is -0.397 e. The number of aryl methyl sites for hydroxylation is 1. The summed E-state index contributed by atoms with van der Waals surface area (Å²) >= 11 is 0. The lowest BCUT2D eigenvalue weighted by atomic mass is 9.48. The van der Waals surface area contributed by atoms with Gasteiger partial charge in [-0.1, -0.05) is 6.42 Å². The van der Waals surface area contributed by atoms with E-state index in [0.29, 0.717) is 23.9 Å². The molecule has 2 aromatic heterocycles. The van der Waals surface area contributed by atoms with E-state index in [-0.39, 0.29) is 16.7 Å². The van der Waals surface area contributed by atoms with E-state index in [1.54, 1.807) is 11.7 Å². The van der Waals surface area contributed by atoms with Gasteiger partial charge >= 0.3 is 0 Å². The average Bonchev–Trinajstić information content (AvgIpc) is 2.83. The third-order valence-corrected chi connectivity index (χ3v) is 5.62. The second-order valence-corrected chi connectivity index (χ2v) is 7.21. The molecule has 0 aromatic carbocycles. The summed E-state index contributed by atoms with van der Waals surface area (Å²) in [5, 5.41) is 7.13. The van der Waals surface area contributed by atoms with Crippen LogP contribution in [0.2, 0.25) is 0 Å². The molecular formula is C16H19F2N5O. The van der Waals surface area contributed by atoms with Crippen LogP contribution in [0.4, 0.5) is 14.5 Å². The summed E-state index contributed by atoms with van der Waals surface area (Å²) in [6.07, 6.45) is 3.96. The zero-order chi connectivity index (χ0) is 17.1. The van der Waals surface area contributed by atoms with Gasteiger partial charge in [0.1, 0.15) is 5.54 Å². The van der Waals surface area contributed by atoms with Gasteiger partial charge in [0, 0.05) is 13.2 Å². The molecule has 2 aromatic rings. The van der Waals surface area contributed by atoms with Crippen molar-refractivity contribution in [2.45, 2.75) is 44.1 Å². The van der Waals surface area contributed by atoms with Crippen molar-refractivity contribution < 1.29 is 13.6 Å². The smallest absolute Gasteiger partial charge is 0.261 e. The number of nitrogens with one attached hydrogen (secondary N) is 1. The first-order valence-corrected chi connectivity index (χ1v) is 8.03. The number of alkyl halides is 2. The summed E-state index contributed by atoms with van der Waals surface area (Å²) < 4.78 is 28.7. The van der Waals surface area contributed by atoms with Crippen molar-refractivity contribution in [1.82, 2.24) is 20.1 Å². The van der Waals surface area contributed by atoms with E-state index in [9.17, 15) is 13.6 Å². The number of nitrogens with two attached hydrogens (primary N) is 1. The summed E-state index contributed by atoms with van der Waals surface area (Å²) in [5.74, 6) is -0.597. The maximum Gasteiger partial charge on any atom is 0.261 e. The zero-order valence-electron chi connectivity index (χ0n) is 13.4. The van der Waals surface area contributed by atoms with Gasteiger partial charge in [0.2, 0.25) is 0 Å². The van der Waals surface area contributed by atoms with Crippen molar-refractivity contribution in [3.05, 3.63) is 18.0 Å². The topological polar surface area (TPSA) is 85.8 Å². The van der Waals surface area contributed by atoms with Crippen molar-refractivity contribution >= 4 is 22.6 Å². The molecule has 3 N–H and O–H groups in total. The van der Waals surface area contributed by atoms with Crippen molar-refractivity contribution in [3.63, 3.8) is 0 Å². The van der Waals surface area contributed by atoms with Crippen molar-refractivity contribution in [1.29, 1.82) is 0 Å². The van der Waals surface area contributed by atoms with Gasteiger partial charge < -0.3 is 11.1 Å². The monoisotopic (exact) mass is 335 g/mol. The number of nitrogen functional groups attached to an aromatic ring is 1. The molecule has 2 aliphatic rings. The number of hydrogen-bond acceptors (Lipinski definition) is 4. The number of rotatable bonds is 3. The molecule has 2 aliphatic carbocycles. The van der Waals surface area contributed by atoms with E-state index in [1.807, 2.05) is 0 Å². The van der Waals surface area contributed by atoms with E-state index >= 15 is 0 Å². The molecule has 0 aliphatic heterocycles. The second-order valence-electron chi connectivity index (χ2n) is 7.21. The van der Waals surface area contributed by atoms with Crippen LogP contribution in [-0.4, -0.2) is 32.6 Å². The predicted molar refractivity (Wildman–Crippen MR) is 84.6 cm³/mol. The number of amides is 1. The normalized spacial score (nSPS) is 20.8. The summed E-state index contributed by atoms with van der Waals surface area (Å²) in [5.41, 5.74) is 5.49. The molecule has 1 amide bonds. The van der Waals surface area contributed by atoms with Crippen LogP contribution in [0.3, 0.4) is 0 Å². The molecule has 0 bridgehead atoms. The molecule has 2 saturated carbocycles. The predicted octanol–water partition coefficient (Wildman–Crippen LogP) is 2.25. The number of nitrogens with zero attached hydrogens (tertiary/aromatic N) is 3. The van der Waals surface area contributed by atoms with Gasteiger partial charge in [-0.2, -0.15) is 5.10 Å². The molecule has 0 saturated heterocycles. The minimum atomic E-state index is -2.59. The number of fused-ring (bicyclic) bond motifs is 1. The van der Waals surface area contributed by atoms with Crippen LogP contribution in [-0.2, 0) is 7.05 Å². The molecule has 0 atom stereocenters. The zero-order valence-corrected chi connectivity index (χ0v) is 13.4. The fourth-order valence-corrected chi connectivity index (χ4v) is 4.20. The molecule has 2 heterocycles. The molecule has 2 fully saturated rings. The Hall–Kier alpha value is -2.25. The van der Waals surface area contributed by atoms with E-state index in [0.717, 1.165) is 19.3 Å². The first kappa shape index (κ1) is 15.3. The highest BCUT2D eigenvalue weighted by Gasteiger charge is 2.62. The average molecular weight is 335 g/mol. The molecular weight excluding hydrogens is 316 g/mol. The molecule has 4 rings (SSSR count). The molecule has 1 spiro atoms. The number of anilines is 1. The Labute approximate surface area is 137 Å². The number of halogens is 2. The summed E-state index contributed by atoms with van der Waals surface area (Å²) in [6, 6.07) is 0. The highest BCUT2D eigenvalue weighted by atomic mass is 19.3. The molecule has 8 heteroatoms. The van der Waals surface area contributed by atoms with Crippen LogP contribution < -0.4 is 11.1 Å². The highest BCUT2D eigenvalue weighted by molar-refractivity contribution is 6.05. The molecule has 0 radical (unpaired) electrons. The Morgan fingerprint density at radius 1 is 1.38 bits per heavy atom. The van der Waals surface area contributed by atoms with Gasteiger partial charge in [-0.3, -0.25) is 9.48 Å². The standard InChI is InChI=1S/C16H19F2N5O/c1-23-12-9(6-21-23)11(19)10(5-20-12)13(24)22-16(14(17)18)7-15(8-16)3-2-4-15/h5-6,14H,2-4,7-8H2,1H3,(H2,19,20)(H,22,24). The van der Waals surface area contributed by atoms with Crippen LogP contribution in [0.5, 0.6) is 0 Å². The molecule has 24 heavy (non-hydrogen) atoms. The van der Waals surface area contributed by atoms with Crippen LogP contribution in [0.15, 0.2) is 12.4 Å². The Kier molecular flexibility index (Phi) is 3.10. The van der Waals surface area contributed by atoms with Gasteiger partial charge in [-0.05, 0) is 31.1 Å². The van der Waals surface area contributed by atoms with Gasteiger partial charge in [0.05, 0.1) is 22.8 Å². The van der Waals surface area contributed by atoms with Crippen molar-refractivity contribution in [2.75, 3.05) is 5.73 Å². The number of carbonyl (C=O) groups is 1. The summed E-state index contributed by atoms with van der Waals surface area (Å²) in [7, 11) is 1.72. The van der Waals surface area contributed by atoms with Crippen LogP contribution >= 0.6 is 0 Å². The Morgan fingerprint density at radius 3 is 2.67 bits per heavy atom. The lowest BCUT2D eigenvalue weighted by Crippen LogP contribution is -2.67. The van der Waals surface area contributed by atoms with Gasteiger partial charge in [0.15, 0.2) is 5.65 Å². The fourth-order valence-electron chi connectivity index (χ4n) is 4.20. The number of pyridine rings is 1. The van der Waals surface area contributed by atoms with E-state index in [1.165, 1.54) is 12.4 Å². The number of aromatic nitrogens is 3. The lowest BCUT2D eigenvalue weighted by molar-refractivity contribution is -0.126. The van der Waals surface area contributed by atoms with E-state index in [4.69, 9.17) is 5.73 Å². The minimum absolute atomic E-state index is 0.0147. The SMILES string of the molecule is Cn1ncc2c(N)c(C(=O)NC3(C(F)F)CC4(CCC4)C3)cnc21. The first-order valence-electron chi connectivity index (χ1n) is 8.03. The second kappa shape index (κ2) is 4.87. The van der Waals surface area contributed by atoms with Gasteiger partial charge in [-0.15, -0.1) is 0 Å². The summed E-state index contributed by atoms with van der Waals surface area (Å²) in [4.78, 5) is 16.7. The van der Waals surface area contributed by atoms with E-state index < -0.39 is 17.9 Å². The fraction of sp³-hybridized carbons (Fsp3) is 0.562. The quantitative estimate of drug-likeness (QED) is 0.901. The van der Waals surface area contributed by atoms with Crippen molar-refractivity contribution in [3.8, 4) is 0 Å².